The van der Waals surface area contributed by atoms with E-state index in [-0.39, 0.29) is 18.8 Å². The van der Waals surface area contributed by atoms with Gasteiger partial charge in [0.15, 0.2) is 0 Å². The van der Waals surface area contributed by atoms with E-state index in [2.05, 4.69) is 0 Å². The third kappa shape index (κ3) is 3.56. The Morgan fingerprint density at radius 3 is 2.32 bits per heavy atom. The fraction of sp³-hybridized carbons (Fsp3) is 0.720. The number of carboxylic acid groups (broad SMARTS) is 1. The summed E-state index contributed by atoms with van der Waals surface area (Å²) in [4.78, 5) is 63.9. The molecule has 4 rings (SSSR count). The number of rotatable bonds is 6. The molecule has 12 heteroatoms. The van der Waals surface area contributed by atoms with Crippen molar-refractivity contribution in [1.82, 2.24) is 0 Å². The normalized spacial score (nSPS) is 43.6. The average molecular weight is 525 g/mol. The second kappa shape index (κ2) is 8.88. The van der Waals surface area contributed by atoms with Crippen LogP contribution < -0.4 is 0 Å². The molecule has 4 aliphatic rings. The molecule has 0 unspecified atom stereocenters. The molecule has 2 heterocycles. The zero-order valence-corrected chi connectivity index (χ0v) is 21.3. The van der Waals surface area contributed by atoms with Crippen molar-refractivity contribution in [3.05, 3.63) is 11.6 Å². The Balaban J connectivity index is 1.99. The topological polar surface area (TPSA) is 183 Å². The number of methoxy groups -OCH3 is 1. The minimum Gasteiger partial charge on any atom is -0.481 e. The number of hydrogen-bond donors (Lipinski definition) is 3. The van der Waals surface area contributed by atoms with E-state index in [0.29, 0.717) is 5.57 Å². The highest BCUT2D eigenvalue weighted by atomic mass is 16.6. The van der Waals surface area contributed by atoms with Gasteiger partial charge in [-0.3, -0.25) is 9.59 Å². The first-order chi connectivity index (χ1) is 17.2. The minimum absolute atomic E-state index is 0.101. The molecule has 4 fully saturated rings. The molecular weight excluding hydrogens is 492 g/mol. The quantitative estimate of drug-likeness (QED) is 0.236. The van der Waals surface area contributed by atoms with E-state index in [9.17, 15) is 39.3 Å². The molecular formula is C25H32O12. The van der Waals surface area contributed by atoms with Crippen LogP contribution in [0.4, 0.5) is 0 Å². The lowest BCUT2D eigenvalue weighted by atomic mass is 9.39. The number of hydrogen-bond acceptors (Lipinski definition) is 11. The van der Waals surface area contributed by atoms with Gasteiger partial charge in [-0.25, -0.2) is 14.4 Å². The molecule has 2 bridgehead atoms. The van der Waals surface area contributed by atoms with Gasteiger partial charge in [-0.1, -0.05) is 12.5 Å². The number of esters is 3. The first-order valence-electron chi connectivity index (χ1n) is 12.0. The van der Waals surface area contributed by atoms with Gasteiger partial charge in [0, 0.05) is 23.3 Å². The van der Waals surface area contributed by atoms with E-state index in [1.165, 1.54) is 13.8 Å². The van der Waals surface area contributed by atoms with Crippen LogP contribution in [0.25, 0.3) is 0 Å². The first-order valence-corrected chi connectivity index (χ1v) is 12.0. The second-order valence-corrected chi connectivity index (χ2v) is 11.1. The van der Waals surface area contributed by atoms with Crippen LogP contribution in [0.3, 0.4) is 0 Å². The van der Waals surface area contributed by atoms with Gasteiger partial charge in [-0.2, -0.15) is 0 Å². The molecule has 37 heavy (non-hydrogen) atoms. The minimum atomic E-state index is -2.31. The molecule has 1 spiro atoms. The van der Waals surface area contributed by atoms with Gasteiger partial charge >= 0.3 is 23.9 Å². The van der Waals surface area contributed by atoms with Gasteiger partial charge < -0.3 is 34.3 Å². The SMILES string of the molecule is COC(=O)[C@@]12OC[C@]34[C@H]([C@@H](O)[C@@H]1O)[C@@](C)(CC(=O)O)[C@H](C(C)=O)C[C@H]3OC(=O)[C@H](OC(=O)C=C(C)C)[C@@H]24. The lowest BCUT2D eigenvalue weighted by Crippen LogP contribution is -2.79. The van der Waals surface area contributed by atoms with Crippen molar-refractivity contribution in [3.8, 4) is 0 Å². The number of aliphatic hydroxyl groups is 2. The van der Waals surface area contributed by atoms with E-state index in [4.69, 9.17) is 18.9 Å². The Morgan fingerprint density at radius 1 is 1.14 bits per heavy atom. The molecule has 0 aromatic carbocycles. The monoisotopic (exact) mass is 524 g/mol. The smallest absolute Gasteiger partial charge is 0.348 e. The van der Waals surface area contributed by atoms with Crippen molar-refractivity contribution in [1.29, 1.82) is 0 Å². The number of Topliss-reactive ketones (excluding diaryl/α,β-unsaturated/α-hetero) is 1. The predicted molar refractivity (Wildman–Crippen MR) is 120 cm³/mol. The van der Waals surface area contributed by atoms with Gasteiger partial charge in [0.2, 0.25) is 11.7 Å². The fourth-order valence-electron chi connectivity index (χ4n) is 7.72. The third-order valence-corrected chi connectivity index (χ3v) is 8.81. The summed E-state index contributed by atoms with van der Waals surface area (Å²) in [7, 11) is 1.04. The zero-order valence-electron chi connectivity index (χ0n) is 21.3. The maximum absolute atomic E-state index is 13.3. The standard InChI is InChI=1S/C25H32O12/c1-10(2)6-15(29)37-17-19-24-9-35-25(19,22(33)34-5)20(31)16(30)18(24)23(4,8-14(27)28)12(11(3)26)7-13(24)36-21(17)32/h6,12-13,16-20,30-31H,7-9H2,1-5H3,(H,27,28)/t12-,13+,16+,17+,18+,19+,20-,23-,24+,25-/m0/s1. The van der Waals surface area contributed by atoms with Crippen molar-refractivity contribution in [2.24, 2.45) is 28.6 Å². The summed E-state index contributed by atoms with van der Waals surface area (Å²) >= 11 is 0. The first kappa shape index (κ1) is 27.2. The van der Waals surface area contributed by atoms with E-state index in [1.807, 2.05) is 0 Å². The summed E-state index contributed by atoms with van der Waals surface area (Å²) in [5, 5.41) is 32.7. The molecule has 0 aromatic rings. The lowest BCUT2D eigenvalue weighted by molar-refractivity contribution is -0.290. The second-order valence-electron chi connectivity index (χ2n) is 11.1. The van der Waals surface area contributed by atoms with Crippen molar-refractivity contribution in [2.75, 3.05) is 13.7 Å². The molecule has 2 saturated carbocycles. The number of ether oxygens (including phenoxy) is 4. The zero-order chi connectivity index (χ0) is 27.7. The lowest BCUT2D eigenvalue weighted by Gasteiger charge is -2.66. The van der Waals surface area contributed by atoms with E-state index < -0.39 is 88.9 Å². The van der Waals surface area contributed by atoms with Crippen LogP contribution in [0.5, 0.6) is 0 Å². The van der Waals surface area contributed by atoms with E-state index in [0.717, 1.165) is 13.2 Å². The molecule has 10 atom stereocenters. The number of aliphatic carboxylic acids is 1. The number of ketones is 1. The Hall–Kier alpha value is -2.83. The van der Waals surface area contributed by atoms with Crippen molar-refractivity contribution < 1.29 is 58.2 Å². The molecule has 0 aromatic heterocycles. The van der Waals surface area contributed by atoms with Crippen molar-refractivity contribution in [2.45, 2.75) is 70.6 Å². The number of carboxylic acids is 1. The van der Waals surface area contributed by atoms with Crippen LogP contribution >= 0.6 is 0 Å². The van der Waals surface area contributed by atoms with Gasteiger partial charge in [0.25, 0.3) is 0 Å². The van der Waals surface area contributed by atoms with Crippen LogP contribution in [-0.4, -0.2) is 88.7 Å². The molecule has 2 aliphatic heterocycles. The Labute approximate surface area is 212 Å². The number of aliphatic hydroxyl groups excluding tert-OH is 2. The number of carbonyl (C=O) groups is 5. The molecule has 12 nitrogen and oxygen atoms in total. The van der Waals surface area contributed by atoms with Crippen LogP contribution in [0.15, 0.2) is 11.6 Å². The summed E-state index contributed by atoms with van der Waals surface area (Å²) in [5.74, 6) is -8.18. The Morgan fingerprint density at radius 2 is 1.78 bits per heavy atom. The summed E-state index contributed by atoms with van der Waals surface area (Å²) < 4.78 is 22.1. The van der Waals surface area contributed by atoms with Crippen LogP contribution in [0.1, 0.15) is 40.5 Å². The maximum Gasteiger partial charge on any atom is 0.348 e. The number of allylic oxidation sites excluding steroid dienone is 1. The fourth-order valence-corrected chi connectivity index (χ4v) is 7.72. The summed E-state index contributed by atoms with van der Waals surface area (Å²) in [6, 6.07) is 0. The maximum atomic E-state index is 13.3. The third-order valence-electron chi connectivity index (χ3n) is 8.81. The van der Waals surface area contributed by atoms with Crippen LogP contribution in [0.2, 0.25) is 0 Å². The average Bonchev–Trinajstić information content (AvgIpc) is 3.08. The molecule has 2 aliphatic carbocycles. The Kier molecular flexibility index (Phi) is 6.53. The Bertz CT molecular complexity index is 1080. The van der Waals surface area contributed by atoms with Gasteiger partial charge in [0.05, 0.1) is 32.2 Å². The highest BCUT2D eigenvalue weighted by Gasteiger charge is 2.85. The molecule has 0 radical (unpaired) electrons. The highest BCUT2D eigenvalue weighted by Crippen LogP contribution is 2.71. The molecule has 0 amide bonds. The largest absolute Gasteiger partial charge is 0.481 e. The van der Waals surface area contributed by atoms with E-state index >= 15 is 0 Å². The van der Waals surface area contributed by atoms with Crippen LogP contribution in [0, 0.1) is 28.6 Å². The van der Waals surface area contributed by atoms with E-state index in [1.54, 1.807) is 13.8 Å². The highest BCUT2D eigenvalue weighted by molar-refractivity contribution is 5.90. The molecule has 204 valence electrons. The predicted octanol–water partition coefficient (Wildman–Crippen LogP) is -0.224. The van der Waals surface area contributed by atoms with Gasteiger partial charge in [-0.05, 0) is 32.6 Å². The summed E-state index contributed by atoms with van der Waals surface area (Å²) in [6.07, 6.45) is -6.13. The summed E-state index contributed by atoms with van der Waals surface area (Å²) in [6.45, 7) is 5.73. The summed E-state index contributed by atoms with van der Waals surface area (Å²) in [5.41, 5.74) is -4.67. The van der Waals surface area contributed by atoms with Gasteiger partial charge in [-0.15, -0.1) is 0 Å². The van der Waals surface area contributed by atoms with Crippen molar-refractivity contribution >= 4 is 29.7 Å². The van der Waals surface area contributed by atoms with Gasteiger partial charge in [0.1, 0.15) is 18.0 Å². The van der Waals surface area contributed by atoms with Crippen LogP contribution in [-0.2, 0) is 42.9 Å². The molecule has 2 saturated heterocycles. The van der Waals surface area contributed by atoms with Crippen molar-refractivity contribution in [3.63, 3.8) is 0 Å². The molecule has 3 N–H and O–H groups in total. The number of carbonyl (C=O) groups excluding carboxylic acids is 4.